The molecule has 6 heteroatoms. The largest absolute Gasteiger partial charge is 0.486 e. The molecule has 132 valence electrons. The summed E-state index contributed by atoms with van der Waals surface area (Å²) in [4.78, 5) is 22.6. The molecule has 0 aliphatic carbocycles. The molecule has 0 amide bonds. The minimum absolute atomic E-state index is 0.205. The fraction of sp³-hybridized carbons (Fsp3) is 0.556. The lowest BCUT2D eigenvalue weighted by Gasteiger charge is -2.19. The number of ketones is 1. The van der Waals surface area contributed by atoms with Crippen LogP contribution in [0.4, 0.5) is 0 Å². The number of ether oxygens (including phenoxy) is 3. The van der Waals surface area contributed by atoms with E-state index in [1.807, 2.05) is 12.1 Å². The van der Waals surface area contributed by atoms with E-state index in [-0.39, 0.29) is 18.4 Å². The van der Waals surface area contributed by atoms with E-state index in [0.29, 0.717) is 37.6 Å². The molecule has 24 heavy (non-hydrogen) atoms. The Balaban J connectivity index is 1.69. The smallest absolute Gasteiger partial charge is 0.306 e. The molecule has 2 rings (SSSR count). The van der Waals surface area contributed by atoms with Crippen molar-refractivity contribution in [3.63, 3.8) is 0 Å². The van der Waals surface area contributed by atoms with Crippen LogP contribution in [0.1, 0.15) is 51.0 Å². The van der Waals surface area contributed by atoms with Crippen LogP contribution >= 0.6 is 15.9 Å². The third kappa shape index (κ3) is 6.15. The van der Waals surface area contributed by atoms with Crippen molar-refractivity contribution in [1.82, 2.24) is 0 Å². The van der Waals surface area contributed by atoms with E-state index >= 15 is 0 Å². The molecule has 0 saturated carbocycles. The molecule has 1 aliphatic heterocycles. The highest BCUT2D eigenvalue weighted by Crippen LogP contribution is 2.35. The Morgan fingerprint density at radius 1 is 1.04 bits per heavy atom. The van der Waals surface area contributed by atoms with Gasteiger partial charge in [-0.2, -0.15) is 0 Å². The SMILES string of the molecule is CC(=O)CCCCCCC(=O)OCc1cc2c(cc1Br)OCCO2. The second-order valence-electron chi connectivity index (χ2n) is 5.86. The van der Waals surface area contributed by atoms with Crippen LogP contribution in [0.25, 0.3) is 0 Å². The molecule has 0 unspecified atom stereocenters. The molecule has 1 aromatic carbocycles. The van der Waals surface area contributed by atoms with Crippen molar-refractivity contribution >= 4 is 27.7 Å². The van der Waals surface area contributed by atoms with Crippen molar-refractivity contribution < 1.29 is 23.8 Å². The molecule has 0 radical (unpaired) electrons. The summed E-state index contributed by atoms with van der Waals surface area (Å²) in [6.07, 6.45) is 4.63. The van der Waals surface area contributed by atoms with Gasteiger partial charge < -0.3 is 19.0 Å². The maximum atomic E-state index is 11.8. The number of Topliss-reactive ketones (excluding diaryl/α,β-unsaturated/α-hetero) is 1. The zero-order valence-corrected chi connectivity index (χ0v) is 15.5. The van der Waals surface area contributed by atoms with Crippen molar-refractivity contribution in [3.05, 3.63) is 22.2 Å². The van der Waals surface area contributed by atoms with Crippen LogP contribution < -0.4 is 9.47 Å². The molecule has 0 saturated heterocycles. The van der Waals surface area contributed by atoms with Crippen molar-refractivity contribution in [2.75, 3.05) is 13.2 Å². The van der Waals surface area contributed by atoms with Gasteiger partial charge in [0.15, 0.2) is 11.5 Å². The first-order valence-electron chi connectivity index (χ1n) is 8.29. The van der Waals surface area contributed by atoms with Gasteiger partial charge in [0.25, 0.3) is 0 Å². The standard InChI is InChI=1S/C18H23BrO5/c1-13(20)6-4-2-3-5-7-18(21)24-12-14-10-16-17(11-15(14)19)23-9-8-22-16/h10-11H,2-9,12H2,1H3. The Kier molecular flexibility index (Phi) is 7.56. The Hall–Kier alpha value is -1.56. The summed E-state index contributed by atoms with van der Waals surface area (Å²) in [6.45, 7) is 2.88. The van der Waals surface area contributed by atoms with Gasteiger partial charge in [-0.25, -0.2) is 0 Å². The number of carbonyl (C=O) groups is 2. The van der Waals surface area contributed by atoms with E-state index in [1.165, 1.54) is 0 Å². The zero-order chi connectivity index (χ0) is 17.4. The van der Waals surface area contributed by atoms with Gasteiger partial charge in [-0.15, -0.1) is 0 Å². The van der Waals surface area contributed by atoms with Gasteiger partial charge in [0.05, 0.1) is 0 Å². The molecular formula is C18H23BrO5. The van der Waals surface area contributed by atoms with Gasteiger partial charge in [-0.3, -0.25) is 4.79 Å². The average molecular weight is 399 g/mol. The van der Waals surface area contributed by atoms with E-state index in [1.54, 1.807) is 6.92 Å². The summed E-state index contributed by atoms with van der Waals surface area (Å²) in [6, 6.07) is 3.68. The van der Waals surface area contributed by atoms with Crippen LogP contribution in [0.15, 0.2) is 16.6 Å². The molecule has 0 N–H and O–H groups in total. The number of hydrogen-bond donors (Lipinski definition) is 0. The van der Waals surface area contributed by atoms with Gasteiger partial charge in [0.1, 0.15) is 25.6 Å². The number of unbranched alkanes of at least 4 members (excludes halogenated alkanes) is 3. The van der Waals surface area contributed by atoms with Crippen molar-refractivity contribution in [2.45, 2.75) is 52.1 Å². The van der Waals surface area contributed by atoms with Crippen molar-refractivity contribution in [3.8, 4) is 11.5 Å². The first kappa shape index (κ1) is 18.8. The summed E-state index contributed by atoms with van der Waals surface area (Å²) >= 11 is 3.46. The predicted molar refractivity (Wildman–Crippen MR) is 93.3 cm³/mol. The molecule has 1 heterocycles. The highest BCUT2D eigenvalue weighted by atomic mass is 79.9. The summed E-state index contributed by atoms with van der Waals surface area (Å²) in [7, 11) is 0. The first-order chi connectivity index (χ1) is 11.6. The molecule has 0 spiro atoms. The topological polar surface area (TPSA) is 61.8 Å². The van der Waals surface area contributed by atoms with E-state index in [0.717, 1.165) is 35.7 Å². The van der Waals surface area contributed by atoms with Crippen LogP contribution in [0.2, 0.25) is 0 Å². The number of benzene rings is 1. The Morgan fingerprint density at radius 3 is 2.33 bits per heavy atom. The zero-order valence-electron chi connectivity index (χ0n) is 13.9. The molecule has 0 bridgehead atoms. The van der Waals surface area contributed by atoms with Gasteiger partial charge in [0.2, 0.25) is 0 Å². The third-order valence-electron chi connectivity index (χ3n) is 3.76. The summed E-state index contributed by atoms with van der Waals surface area (Å²) in [5.41, 5.74) is 0.856. The van der Waals surface area contributed by atoms with Crippen LogP contribution in [0.3, 0.4) is 0 Å². The maximum Gasteiger partial charge on any atom is 0.306 e. The van der Waals surface area contributed by atoms with Gasteiger partial charge in [0, 0.05) is 22.9 Å². The number of halogens is 1. The van der Waals surface area contributed by atoms with Gasteiger partial charge in [-0.1, -0.05) is 28.8 Å². The number of esters is 1. The molecule has 1 aromatic rings. The van der Waals surface area contributed by atoms with E-state index in [4.69, 9.17) is 14.2 Å². The fourth-order valence-electron chi connectivity index (χ4n) is 2.44. The third-order valence-corrected chi connectivity index (χ3v) is 4.50. The summed E-state index contributed by atoms with van der Waals surface area (Å²) < 4.78 is 17.2. The van der Waals surface area contributed by atoms with Crippen molar-refractivity contribution in [1.29, 1.82) is 0 Å². The summed E-state index contributed by atoms with van der Waals surface area (Å²) in [5, 5.41) is 0. The van der Waals surface area contributed by atoms with Gasteiger partial charge in [-0.05, 0) is 31.9 Å². The van der Waals surface area contributed by atoms with Crippen LogP contribution in [-0.2, 0) is 20.9 Å². The molecule has 0 fully saturated rings. The van der Waals surface area contributed by atoms with E-state index in [9.17, 15) is 9.59 Å². The lowest BCUT2D eigenvalue weighted by Crippen LogP contribution is -2.15. The van der Waals surface area contributed by atoms with Crippen molar-refractivity contribution in [2.24, 2.45) is 0 Å². The highest BCUT2D eigenvalue weighted by Gasteiger charge is 2.15. The average Bonchev–Trinajstić information content (AvgIpc) is 2.55. The number of rotatable bonds is 9. The highest BCUT2D eigenvalue weighted by molar-refractivity contribution is 9.10. The summed E-state index contributed by atoms with van der Waals surface area (Å²) in [5.74, 6) is 1.40. The molecule has 1 aliphatic rings. The lowest BCUT2D eigenvalue weighted by atomic mass is 10.1. The molecular weight excluding hydrogens is 376 g/mol. The van der Waals surface area contributed by atoms with Gasteiger partial charge >= 0.3 is 5.97 Å². The van der Waals surface area contributed by atoms with Crippen LogP contribution in [-0.4, -0.2) is 25.0 Å². The second-order valence-corrected chi connectivity index (χ2v) is 6.72. The number of carbonyl (C=O) groups excluding carboxylic acids is 2. The van der Waals surface area contributed by atoms with Crippen LogP contribution in [0, 0.1) is 0 Å². The maximum absolute atomic E-state index is 11.8. The predicted octanol–water partition coefficient (Wildman–Crippen LogP) is 4.19. The van der Waals surface area contributed by atoms with E-state index < -0.39 is 0 Å². The molecule has 0 atom stereocenters. The first-order valence-corrected chi connectivity index (χ1v) is 9.08. The number of hydrogen-bond acceptors (Lipinski definition) is 5. The Labute approximate surface area is 150 Å². The minimum Gasteiger partial charge on any atom is -0.486 e. The molecule has 0 aromatic heterocycles. The Bertz CT molecular complexity index is 585. The quantitative estimate of drug-likeness (QED) is 0.460. The van der Waals surface area contributed by atoms with Crippen LogP contribution in [0.5, 0.6) is 11.5 Å². The minimum atomic E-state index is -0.205. The normalized spacial score (nSPS) is 12.8. The fourth-order valence-corrected chi connectivity index (χ4v) is 2.88. The van der Waals surface area contributed by atoms with E-state index in [2.05, 4.69) is 15.9 Å². The monoisotopic (exact) mass is 398 g/mol. The molecule has 5 nitrogen and oxygen atoms in total. The second kappa shape index (κ2) is 9.67. The lowest BCUT2D eigenvalue weighted by molar-refractivity contribution is -0.145. The number of fused-ring (bicyclic) bond motifs is 1. The Morgan fingerprint density at radius 2 is 1.67 bits per heavy atom.